The average Bonchev–Trinajstić information content (AvgIpc) is 2.78. The Hall–Kier alpha value is -2.14. The van der Waals surface area contributed by atoms with Gasteiger partial charge in [-0.2, -0.15) is 13.2 Å². The zero-order chi connectivity index (χ0) is 23.5. The van der Waals surface area contributed by atoms with Crippen LogP contribution in [-0.2, 0) is 21.0 Å². The van der Waals surface area contributed by atoms with E-state index in [1.54, 1.807) is 11.8 Å². The van der Waals surface area contributed by atoms with Crippen LogP contribution >= 0.6 is 0 Å². The highest BCUT2D eigenvalue weighted by molar-refractivity contribution is 7.89. The number of piperazine rings is 1. The molecule has 178 valence electrons. The molecule has 0 spiro atoms. The number of alkyl halides is 3. The predicted octanol–water partition coefficient (Wildman–Crippen LogP) is 2.44. The van der Waals surface area contributed by atoms with E-state index in [4.69, 9.17) is 0 Å². The number of piperidine rings is 1. The second-order valence-corrected chi connectivity index (χ2v) is 10.3. The molecule has 0 aliphatic carbocycles. The summed E-state index contributed by atoms with van der Waals surface area (Å²) in [5.74, 6) is -1.26. The summed E-state index contributed by atoms with van der Waals surface area (Å²) in [6, 6.07) is 4.68. The lowest BCUT2D eigenvalue weighted by Gasteiger charge is -2.38. The molecular formula is C21H28F3N3O4S. The number of hydrogen-bond acceptors (Lipinski definition) is 4. The van der Waals surface area contributed by atoms with E-state index in [1.807, 2.05) is 0 Å². The summed E-state index contributed by atoms with van der Waals surface area (Å²) in [6.07, 6.45) is -2.93. The predicted molar refractivity (Wildman–Crippen MR) is 112 cm³/mol. The molecule has 2 heterocycles. The van der Waals surface area contributed by atoms with Crippen LogP contribution in [0.1, 0.15) is 42.1 Å². The smallest absolute Gasteiger partial charge is 0.339 e. The molecular weight excluding hydrogens is 447 g/mol. The van der Waals surface area contributed by atoms with Gasteiger partial charge in [-0.3, -0.25) is 9.59 Å². The maximum atomic E-state index is 13.2. The van der Waals surface area contributed by atoms with Crippen molar-refractivity contribution in [1.29, 1.82) is 0 Å². The van der Waals surface area contributed by atoms with Gasteiger partial charge in [0.25, 0.3) is 5.91 Å². The first kappa shape index (κ1) is 24.5. The van der Waals surface area contributed by atoms with Gasteiger partial charge in [-0.15, -0.1) is 0 Å². The topological polar surface area (TPSA) is 78.0 Å². The number of halogens is 3. The Bertz CT molecular complexity index is 944. The number of carbonyl (C=O) groups is 2. The van der Waals surface area contributed by atoms with E-state index >= 15 is 0 Å². The molecule has 0 radical (unpaired) electrons. The van der Waals surface area contributed by atoms with Crippen LogP contribution < -0.4 is 0 Å². The minimum absolute atomic E-state index is 0.0497. The van der Waals surface area contributed by atoms with Crippen LogP contribution in [-0.4, -0.2) is 79.4 Å². The Morgan fingerprint density at radius 3 is 2.28 bits per heavy atom. The van der Waals surface area contributed by atoms with Crippen molar-refractivity contribution >= 4 is 21.8 Å². The van der Waals surface area contributed by atoms with Crippen molar-refractivity contribution in [2.24, 2.45) is 5.92 Å². The third-order valence-corrected chi connectivity index (χ3v) is 7.97. The van der Waals surface area contributed by atoms with E-state index < -0.39 is 39.2 Å². The fourth-order valence-corrected chi connectivity index (χ4v) is 5.85. The van der Waals surface area contributed by atoms with Gasteiger partial charge in [-0.1, -0.05) is 19.1 Å². The first-order chi connectivity index (χ1) is 15.0. The maximum absolute atomic E-state index is 13.2. The van der Waals surface area contributed by atoms with Crippen LogP contribution in [0, 0.1) is 5.92 Å². The molecule has 11 heteroatoms. The molecule has 2 amide bonds. The SMILES string of the molecule is CCCS(=O)(=O)N1CCCC(C(=O)N2CCN(C(=O)c3ccccc3C(F)(F)F)CC2)C1. The zero-order valence-electron chi connectivity index (χ0n) is 18.0. The van der Waals surface area contributed by atoms with Gasteiger partial charge in [0.05, 0.1) is 22.8 Å². The number of rotatable bonds is 5. The molecule has 2 saturated heterocycles. The first-order valence-corrected chi connectivity index (χ1v) is 12.4. The lowest BCUT2D eigenvalue weighted by atomic mass is 9.97. The Kier molecular flexibility index (Phi) is 7.49. The Labute approximate surface area is 186 Å². The summed E-state index contributed by atoms with van der Waals surface area (Å²) >= 11 is 0. The van der Waals surface area contributed by atoms with Crippen LogP contribution in [0.5, 0.6) is 0 Å². The van der Waals surface area contributed by atoms with E-state index in [-0.39, 0.29) is 44.4 Å². The second-order valence-electron chi connectivity index (χ2n) is 8.17. The quantitative estimate of drug-likeness (QED) is 0.656. The molecule has 1 atom stereocenters. The van der Waals surface area contributed by atoms with Gasteiger partial charge >= 0.3 is 6.18 Å². The van der Waals surface area contributed by atoms with Crippen molar-refractivity contribution in [2.75, 3.05) is 45.0 Å². The first-order valence-electron chi connectivity index (χ1n) is 10.8. The summed E-state index contributed by atoms with van der Waals surface area (Å²) in [5, 5.41) is 0. The Morgan fingerprint density at radius 1 is 1.03 bits per heavy atom. The fraction of sp³-hybridized carbons (Fsp3) is 0.619. The molecule has 7 nitrogen and oxygen atoms in total. The fourth-order valence-electron chi connectivity index (χ4n) is 4.26. The molecule has 0 N–H and O–H groups in total. The molecule has 0 bridgehead atoms. The van der Waals surface area contributed by atoms with Gasteiger partial charge in [0.1, 0.15) is 0 Å². The van der Waals surface area contributed by atoms with Gasteiger partial charge in [0, 0.05) is 39.3 Å². The van der Waals surface area contributed by atoms with Crippen molar-refractivity contribution in [3.05, 3.63) is 35.4 Å². The Balaban J connectivity index is 1.61. The number of carbonyl (C=O) groups excluding carboxylic acids is 2. The molecule has 2 aliphatic rings. The molecule has 1 unspecified atom stereocenters. The highest BCUT2D eigenvalue weighted by atomic mass is 32.2. The van der Waals surface area contributed by atoms with Gasteiger partial charge in [0.2, 0.25) is 15.9 Å². The number of nitrogens with zero attached hydrogens (tertiary/aromatic N) is 3. The summed E-state index contributed by atoms with van der Waals surface area (Å²) in [4.78, 5) is 28.6. The van der Waals surface area contributed by atoms with E-state index in [0.29, 0.717) is 25.8 Å². The van der Waals surface area contributed by atoms with Crippen LogP contribution in [0.25, 0.3) is 0 Å². The van der Waals surface area contributed by atoms with E-state index in [0.717, 1.165) is 12.1 Å². The summed E-state index contributed by atoms with van der Waals surface area (Å²) in [6.45, 7) is 3.01. The van der Waals surface area contributed by atoms with E-state index in [2.05, 4.69) is 0 Å². The highest BCUT2D eigenvalue weighted by Crippen LogP contribution is 2.32. The third-order valence-electron chi connectivity index (χ3n) is 5.93. The maximum Gasteiger partial charge on any atom is 0.417 e. The van der Waals surface area contributed by atoms with Crippen LogP contribution in [0.15, 0.2) is 24.3 Å². The van der Waals surface area contributed by atoms with Crippen LogP contribution in [0.2, 0.25) is 0 Å². The molecule has 1 aromatic rings. The summed E-state index contributed by atoms with van der Waals surface area (Å²) in [5.41, 5.74) is -1.37. The van der Waals surface area contributed by atoms with Crippen molar-refractivity contribution in [2.45, 2.75) is 32.4 Å². The highest BCUT2D eigenvalue weighted by Gasteiger charge is 2.38. The van der Waals surface area contributed by atoms with Gasteiger partial charge in [-0.05, 0) is 31.4 Å². The molecule has 0 saturated carbocycles. The molecule has 0 aromatic heterocycles. The third kappa shape index (κ3) is 5.43. The molecule has 1 aromatic carbocycles. The number of hydrogen-bond donors (Lipinski definition) is 0. The van der Waals surface area contributed by atoms with Gasteiger partial charge in [-0.25, -0.2) is 12.7 Å². The summed E-state index contributed by atoms with van der Waals surface area (Å²) < 4.78 is 65.8. The van der Waals surface area contributed by atoms with Gasteiger partial charge < -0.3 is 9.80 Å². The molecule has 3 rings (SSSR count). The standard InChI is InChI=1S/C21H28F3N3O4S/c1-2-14-32(30,31)27-9-5-6-16(15-27)19(28)25-10-12-26(13-11-25)20(29)17-7-3-4-8-18(17)21(22,23)24/h3-4,7-8,16H,2,5-6,9-15H2,1H3. The van der Waals surface area contributed by atoms with Crippen LogP contribution in [0.4, 0.5) is 13.2 Å². The second kappa shape index (κ2) is 9.78. The minimum Gasteiger partial charge on any atom is -0.339 e. The summed E-state index contributed by atoms with van der Waals surface area (Å²) in [7, 11) is -3.38. The van der Waals surface area contributed by atoms with E-state index in [1.165, 1.54) is 21.3 Å². The zero-order valence-corrected chi connectivity index (χ0v) is 18.8. The number of sulfonamides is 1. The van der Waals surface area contributed by atoms with Crippen molar-refractivity contribution in [3.8, 4) is 0 Å². The average molecular weight is 476 g/mol. The molecule has 32 heavy (non-hydrogen) atoms. The molecule has 2 fully saturated rings. The number of amides is 2. The van der Waals surface area contributed by atoms with Crippen molar-refractivity contribution in [1.82, 2.24) is 14.1 Å². The van der Waals surface area contributed by atoms with Crippen molar-refractivity contribution < 1.29 is 31.2 Å². The lowest BCUT2D eigenvalue weighted by Crippen LogP contribution is -2.54. The lowest BCUT2D eigenvalue weighted by molar-refractivity contribution is -0.138. The van der Waals surface area contributed by atoms with Crippen LogP contribution in [0.3, 0.4) is 0 Å². The van der Waals surface area contributed by atoms with E-state index in [9.17, 15) is 31.2 Å². The Morgan fingerprint density at radius 2 is 1.66 bits per heavy atom. The largest absolute Gasteiger partial charge is 0.417 e. The van der Waals surface area contributed by atoms with Crippen molar-refractivity contribution in [3.63, 3.8) is 0 Å². The minimum atomic E-state index is -4.63. The monoisotopic (exact) mass is 475 g/mol. The molecule has 2 aliphatic heterocycles. The number of benzene rings is 1. The van der Waals surface area contributed by atoms with Gasteiger partial charge in [0.15, 0.2) is 0 Å². The normalized spacial score (nSPS) is 20.9.